The van der Waals surface area contributed by atoms with Crippen LogP contribution in [0.5, 0.6) is 0 Å². The van der Waals surface area contributed by atoms with Crippen molar-refractivity contribution in [1.29, 1.82) is 0 Å². The number of rotatable bonds is 2. The third kappa shape index (κ3) is 9.63. The second-order valence-corrected chi connectivity index (χ2v) is 2.58. The van der Waals surface area contributed by atoms with E-state index < -0.39 is 22.5 Å². The van der Waals surface area contributed by atoms with Crippen LogP contribution in [-0.2, 0) is 27.2 Å². The van der Waals surface area contributed by atoms with Crippen molar-refractivity contribution >= 4 is 10.1 Å². The molecule has 6 heteroatoms. The Kier molecular flexibility index (Phi) is 6.01. The first kappa shape index (κ1) is 11.2. The predicted molar refractivity (Wildman–Crippen MR) is 23.5 cm³/mol. The van der Waals surface area contributed by atoms with Gasteiger partial charge in [0.2, 0.25) is 0 Å². The first-order chi connectivity index (χ1) is 3.06. The van der Waals surface area contributed by atoms with Crippen LogP contribution in [-0.4, -0.2) is 30.4 Å². The number of aliphatic hydroxyl groups excluding tert-OH is 1. The molecular weight excluding hydrogens is 184 g/mol. The van der Waals surface area contributed by atoms with E-state index >= 15 is 0 Å². The third-order valence-electron chi connectivity index (χ3n) is 0.349. The van der Waals surface area contributed by atoms with Crippen molar-refractivity contribution in [1.82, 2.24) is 0 Å². The second kappa shape index (κ2) is 4.29. The second-order valence-electron chi connectivity index (χ2n) is 1.01. The minimum Gasteiger partial charge on any atom is -0.395 e. The summed E-state index contributed by atoms with van der Waals surface area (Å²) in [5.41, 5.74) is 0. The van der Waals surface area contributed by atoms with E-state index in [4.69, 9.17) is 9.66 Å². The molecule has 0 aromatic heterocycles. The summed E-state index contributed by atoms with van der Waals surface area (Å²) in [6.07, 6.45) is 0. The van der Waals surface area contributed by atoms with Gasteiger partial charge in [0.15, 0.2) is 0 Å². The van der Waals surface area contributed by atoms with Crippen LogP contribution in [0.15, 0.2) is 0 Å². The van der Waals surface area contributed by atoms with Crippen molar-refractivity contribution in [3.63, 3.8) is 0 Å². The van der Waals surface area contributed by atoms with Gasteiger partial charge in [-0.2, -0.15) is 8.42 Å². The van der Waals surface area contributed by atoms with E-state index in [-0.39, 0.29) is 17.1 Å². The van der Waals surface area contributed by atoms with Gasteiger partial charge in [0.05, 0.1) is 12.4 Å². The van der Waals surface area contributed by atoms with Crippen LogP contribution in [0.25, 0.3) is 0 Å². The smallest absolute Gasteiger partial charge is 0.267 e. The molecule has 0 heterocycles. The van der Waals surface area contributed by atoms with E-state index in [9.17, 15) is 8.42 Å². The molecule has 0 atom stereocenters. The van der Waals surface area contributed by atoms with Crippen molar-refractivity contribution in [3.8, 4) is 0 Å². The summed E-state index contributed by atoms with van der Waals surface area (Å²) in [5.74, 6) is -0.576. The Hall–Kier alpha value is 0.389. The molecule has 2 N–H and O–H groups in total. The third-order valence-corrected chi connectivity index (χ3v) is 1.05. The van der Waals surface area contributed by atoms with Crippen molar-refractivity contribution in [3.05, 3.63) is 0 Å². The maximum Gasteiger partial charge on any atom is 0.267 e. The summed E-state index contributed by atoms with van der Waals surface area (Å²) in [6.45, 7) is -0.529. The molecule has 0 saturated heterocycles. The predicted octanol–water partition coefficient (Wildman–Crippen LogP) is -1.14. The normalized spacial score (nSPS) is 10.2. The number of hydrogen-bond donors (Lipinski definition) is 2. The molecule has 0 aromatic carbocycles. The standard InChI is InChI=1S/C2H6O4S.Cu/c3-1-2-7(4,5)6;/h3H,1-2H2,(H,4,5,6);. The average Bonchev–Trinajstić information content (AvgIpc) is 1.30. The zero-order valence-electron chi connectivity index (χ0n) is 3.83. The monoisotopic (exact) mass is 189 g/mol. The fourth-order valence-corrected chi connectivity index (χ4v) is 0.346. The van der Waals surface area contributed by atoms with Crippen LogP contribution in [0.2, 0.25) is 0 Å². The van der Waals surface area contributed by atoms with E-state index in [0.717, 1.165) is 0 Å². The van der Waals surface area contributed by atoms with Gasteiger partial charge in [0.1, 0.15) is 0 Å². The molecule has 0 aliphatic heterocycles. The number of aliphatic hydroxyl groups is 1. The van der Waals surface area contributed by atoms with Crippen LogP contribution in [0.3, 0.4) is 0 Å². The minimum atomic E-state index is -3.92. The molecule has 0 amide bonds. The molecule has 0 spiro atoms. The van der Waals surface area contributed by atoms with Crippen molar-refractivity contribution < 1.29 is 35.1 Å². The molecule has 0 bridgehead atoms. The molecule has 1 radical (unpaired) electrons. The molecular formula is C2H6CuO4S. The Labute approximate surface area is 58.1 Å². The van der Waals surface area contributed by atoms with Gasteiger partial charge in [-0.15, -0.1) is 0 Å². The molecule has 0 aliphatic carbocycles. The van der Waals surface area contributed by atoms with Gasteiger partial charge in [-0.25, -0.2) is 0 Å². The van der Waals surface area contributed by atoms with E-state index in [1.807, 2.05) is 0 Å². The molecule has 4 nitrogen and oxygen atoms in total. The van der Waals surface area contributed by atoms with E-state index in [1.54, 1.807) is 0 Å². The maximum absolute atomic E-state index is 9.63. The van der Waals surface area contributed by atoms with Gasteiger partial charge in [0, 0.05) is 17.1 Å². The van der Waals surface area contributed by atoms with Gasteiger partial charge in [-0.1, -0.05) is 0 Å². The summed E-state index contributed by atoms with van der Waals surface area (Å²) >= 11 is 0. The van der Waals surface area contributed by atoms with Gasteiger partial charge < -0.3 is 5.11 Å². The SMILES string of the molecule is O=S(=O)(O)CCO.[Cu]. The fourth-order valence-electron chi connectivity index (χ4n) is 0.115. The van der Waals surface area contributed by atoms with Gasteiger partial charge >= 0.3 is 0 Å². The Bertz CT molecular complexity index is 127. The van der Waals surface area contributed by atoms with Crippen LogP contribution >= 0.6 is 0 Å². The summed E-state index contributed by atoms with van der Waals surface area (Å²) in [7, 11) is -3.92. The maximum atomic E-state index is 9.63. The topological polar surface area (TPSA) is 74.6 Å². The number of hydrogen-bond acceptors (Lipinski definition) is 3. The van der Waals surface area contributed by atoms with E-state index in [2.05, 4.69) is 0 Å². The van der Waals surface area contributed by atoms with Gasteiger partial charge in [-0.3, -0.25) is 4.55 Å². The molecule has 0 aliphatic rings. The minimum absolute atomic E-state index is 0. The van der Waals surface area contributed by atoms with Crippen LogP contribution in [0.1, 0.15) is 0 Å². The largest absolute Gasteiger partial charge is 0.395 e. The molecule has 0 rings (SSSR count). The zero-order valence-corrected chi connectivity index (χ0v) is 5.59. The summed E-state index contributed by atoms with van der Waals surface area (Å²) in [6, 6.07) is 0. The van der Waals surface area contributed by atoms with E-state index in [0.29, 0.717) is 0 Å². The molecule has 0 unspecified atom stereocenters. The molecule has 0 aromatic rings. The molecule has 55 valence electrons. The molecule has 0 fully saturated rings. The van der Waals surface area contributed by atoms with Gasteiger partial charge in [-0.05, 0) is 0 Å². The Morgan fingerprint density at radius 2 is 1.75 bits per heavy atom. The molecule has 8 heavy (non-hydrogen) atoms. The Morgan fingerprint density at radius 3 is 1.75 bits per heavy atom. The fraction of sp³-hybridized carbons (Fsp3) is 1.00. The first-order valence-electron chi connectivity index (χ1n) is 1.62. The summed E-state index contributed by atoms with van der Waals surface area (Å²) in [4.78, 5) is 0. The quantitative estimate of drug-likeness (QED) is 0.426. The molecule has 0 saturated carbocycles. The van der Waals surface area contributed by atoms with Gasteiger partial charge in [0.25, 0.3) is 10.1 Å². The summed E-state index contributed by atoms with van der Waals surface area (Å²) < 4.78 is 27.1. The van der Waals surface area contributed by atoms with Crippen molar-refractivity contribution in [2.24, 2.45) is 0 Å². The van der Waals surface area contributed by atoms with Crippen molar-refractivity contribution in [2.45, 2.75) is 0 Å². The Morgan fingerprint density at radius 1 is 1.38 bits per heavy atom. The first-order valence-corrected chi connectivity index (χ1v) is 3.23. The zero-order chi connectivity index (χ0) is 5.91. The van der Waals surface area contributed by atoms with Crippen molar-refractivity contribution in [2.75, 3.05) is 12.4 Å². The van der Waals surface area contributed by atoms with Crippen LogP contribution < -0.4 is 0 Å². The summed E-state index contributed by atoms with van der Waals surface area (Å²) in [5, 5.41) is 7.86. The van der Waals surface area contributed by atoms with E-state index in [1.165, 1.54) is 0 Å². The van der Waals surface area contributed by atoms with Crippen LogP contribution in [0.4, 0.5) is 0 Å². The Balaban J connectivity index is 0. The van der Waals surface area contributed by atoms with Crippen LogP contribution in [0, 0.1) is 0 Å². The average molecular weight is 190 g/mol.